The summed E-state index contributed by atoms with van der Waals surface area (Å²) in [6.07, 6.45) is 0. The predicted molar refractivity (Wildman–Crippen MR) is 78.8 cm³/mol. The van der Waals surface area contributed by atoms with Crippen molar-refractivity contribution >= 4 is 15.9 Å². The summed E-state index contributed by atoms with van der Waals surface area (Å²) in [4.78, 5) is 11.9. The van der Waals surface area contributed by atoms with E-state index in [4.69, 9.17) is 10.00 Å². The number of hydrogen-bond donors (Lipinski definition) is 1. The summed E-state index contributed by atoms with van der Waals surface area (Å²) in [7, 11) is -2.50. The maximum absolute atomic E-state index is 12.1. The van der Waals surface area contributed by atoms with Crippen LogP contribution in [0.1, 0.15) is 15.9 Å². The molecule has 0 spiro atoms. The van der Waals surface area contributed by atoms with Gasteiger partial charge in [-0.3, -0.25) is 4.79 Å². The molecule has 0 fully saturated rings. The number of sulfonamides is 1. The predicted octanol–water partition coefficient (Wildman–Crippen LogP) is 1.69. The first-order valence-corrected chi connectivity index (χ1v) is 7.66. The maximum atomic E-state index is 12.1. The first-order chi connectivity index (χ1) is 10.5. The van der Waals surface area contributed by atoms with Crippen molar-refractivity contribution < 1.29 is 17.9 Å². The van der Waals surface area contributed by atoms with E-state index in [0.29, 0.717) is 11.3 Å². The second-order valence-corrected chi connectivity index (χ2v) is 5.98. The topological polar surface area (TPSA) is 96.3 Å². The largest absolute Gasteiger partial charge is 0.497 e. The maximum Gasteiger partial charge on any atom is 0.265 e. The minimum absolute atomic E-state index is 0.0895. The van der Waals surface area contributed by atoms with Crippen LogP contribution in [-0.4, -0.2) is 21.4 Å². The number of amides is 1. The molecule has 22 heavy (non-hydrogen) atoms. The van der Waals surface area contributed by atoms with Crippen molar-refractivity contribution in [2.24, 2.45) is 0 Å². The molecule has 0 aliphatic carbocycles. The molecule has 6 nitrogen and oxygen atoms in total. The Morgan fingerprint density at radius 2 is 1.68 bits per heavy atom. The third kappa shape index (κ3) is 3.42. The summed E-state index contributed by atoms with van der Waals surface area (Å²) in [6, 6.07) is 13.2. The molecule has 0 unspecified atom stereocenters. The molecule has 7 heteroatoms. The van der Waals surface area contributed by atoms with Gasteiger partial charge in [0.05, 0.1) is 23.6 Å². The van der Waals surface area contributed by atoms with E-state index in [-0.39, 0.29) is 10.5 Å². The highest BCUT2D eigenvalue weighted by Gasteiger charge is 2.18. The van der Waals surface area contributed by atoms with Crippen molar-refractivity contribution in [3.63, 3.8) is 0 Å². The van der Waals surface area contributed by atoms with Crippen molar-refractivity contribution in [2.75, 3.05) is 7.11 Å². The van der Waals surface area contributed by atoms with Gasteiger partial charge >= 0.3 is 0 Å². The molecular formula is C15H12N2O4S. The molecule has 0 heterocycles. The monoisotopic (exact) mass is 316 g/mol. The Hall–Kier alpha value is -2.85. The van der Waals surface area contributed by atoms with E-state index in [1.165, 1.54) is 43.5 Å². The molecule has 0 aliphatic rings. The van der Waals surface area contributed by atoms with Gasteiger partial charge in [-0.05, 0) is 48.5 Å². The van der Waals surface area contributed by atoms with E-state index in [1.807, 2.05) is 10.8 Å². The number of methoxy groups -OCH3 is 1. The Morgan fingerprint density at radius 1 is 1.09 bits per heavy atom. The Labute approximate surface area is 128 Å². The fourth-order valence-electron chi connectivity index (χ4n) is 1.69. The molecule has 2 aromatic carbocycles. The van der Waals surface area contributed by atoms with Gasteiger partial charge in [0, 0.05) is 5.56 Å². The van der Waals surface area contributed by atoms with Crippen LogP contribution in [0, 0.1) is 11.3 Å². The molecule has 0 aliphatic heterocycles. The highest BCUT2D eigenvalue weighted by molar-refractivity contribution is 7.90. The first kappa shape index (κ1) is 15.5. The van der Waals surface area contributed by atoms with Crippen LogP contribution >= 0.6 is 0 Å². The standard InChI is InChI=1S/C15H12N2O4S/c1-21-13-6-4-12(5-7-13)15(18)17-22(19,20)14-8-2-11(10-16)3-9-14/h2-9H,1H3,(H,17,18). The van der Waals surface area contributed by atoms with Crippen molar-refractivity contribution in [2.45, 2.75) is 4.90 Å². The molecule has 0 radical (unpaired) electrons. The molecule has 0 aromatic heterocycles. The Morgan fingerprint density at radius 3 is 2.18 bits per heavy atom. The van der Waals surface area contributed by atoms with Crippen molar-refractivity contribution in [1.29, 1.82) is 5.26 Å². The molecule has 0 atom stereocenters. The zero-order chi connectivity index (χ0) is 16.2. The van der Waals surface area contributed by atoms with Crippen LogP contribution in [0.15, 0.2) is 53.4 Å². The number of ether oxygens (including phenoxy) is 1. The lowest BCUT2D eigenvalue weighted by Crippen LogP contribution is -2.30. The second kappa shape index (κ2) is 6.28. The number of nitriles is 1. The number of nitrogens with zero attached hydrogens (tertiary/aromatic N) is 1. The smallest absolute Gasteiger partial charge is 0.265 e. The van der Waals surface area contributed by atoms with Crippen LogP contribution in [0.3, 0.4) is 0 Å². The third-order valence-corrected chi connectivity index (χ3v) is 4.22. The van der Waals surface area contributed by atoms with Crippen molar-refractivity contribution in [3.05, 3.63) is 59.7 Å². The molecule has 1 amide bonds. The molecular weight excluding hydrogens is 304 g/mol. The van der Waals surface area contributed by atoms with Crippen molar-refractivity contribution in [3.8, 4) is 11.8 Å². The van der Waals surface area contributed by atoms with Gasteiger partial charge in [0.15, 0.2) is 0 Å². The minimum atomic E-state index is -3.99. The summed E-state index contributed by atoms with van der Waals surface area (Å²) in [5.74, 6) is -0.182. The van der Waals surface area contributed by atoms with Crippen LogP contribution < -0.4 is 9.46 Å². The number of rotatable bonds is 4. The van der Waals surface area contributed by atoms with E-state index in [0.717, 1.165) is 0 Å². The van der Waals surface area contributed by atoms with Gasteiger partial charge in [-0.15, -0.1) is 0 Å². The summed E-state index contributed by atoms with van der Waals surface area (Å²) < 4.78 is 31.1. The minimum Gasteiger partial charge on any atom is -0.497 e. The van der Waals surface area contributed by atoms with E-state index >= 15 is 0 Å². The second-order valence-electron chi connectivity index (χ2n) is 4.30. The summed E-state index contributed by atoms with van der Waals surface area (Å²) in [6.45, 7) is 0. The molecule has 2 rings (SSSR count). The Kier molecular flexibility index (Phi) is 4.44. The van der Waals surface area contributed by atoms with Gasteiger partial charge in [0.25, 0.3) is 15.9 Å². The molecule has 1 N–H and O–H groups in total. The summed E-state index contributed by atoms with van der Waals surface area (Å²) in [5.41, 5.74) is 0.526. The molecule has 0 bridgehead atoms. The normalized spacial score (nSPS) is 10.5. The van der Waals surface area contributed by atoms with Gasteiger partial charge in [-0.2, -0.15) is 5.26 Å². The van der Waals surface area contributed by atoms with Gasteiger partial charge < -0.3 is 4.74 Å². The zero-order valence-corrected chi connectivity index (χ0v) is 12.4. The molecule has 112 valence electrons. The number of hydrogen-bond acceptors (Lipinski definition) is 5. The number of carbonyl (C=O) groups excluding carboxylic acids is 1. The Balaban J connectivity index is 2.19. The first-order valence-electron chi connectivity index (χ1n) is 6.17. The SMILES string of the molecule is COc1ccc(C(=O)NS(=O)(=O)c2ccc(C#N)cc2)cc1. The average molecular weight is 316 g/mol. The number of carbonyl (C=O) groups is 1. The van der Waals surface area contributed by atoms with Gasteiger partial charge in [-0.25, -0.2) is 13.1 Å². The highest BCUT2D eigenvalue weighted by atomic mass is 32.2. The van der Waals surface area contributed by atoms with E-state index in [2.05, 4.69) is 0 Å². The third-order valence-electron chi connectivity index (χ3n) is 2.87. The lowest BCUT2D eigenvalue weighted by Gasteiger charge is -2.07. The van der Waals surface area contributed by atoms with E-state index < -0.39 is 15.9 Å². The average Bonchev–Trinajstić information content (AvgIpc) is 2.54. The lowest BCUT2D eigenvalue weighted by atomic mass is 10.2. The van der Waals surface area contributed by atoms with Crippen LogP contribution in [0.25, 0.3) is 0 Å². The van der Waals surface area contributed by atoms with Crippen LogP contribution in [0.2, 0.25) is 0 Å². The summed E-state index contributed by atoms with van der Waals surface area (Å²) >= 11 is 0. The summed E-state index contributed by atoms with van der Waals surface area (Å²) in [5, 5.41) is 8.69. The van der Waals surface area contributed by atoms with E-state index in [1.54, 1.807) is 12.1 Å². The fraction of sp³-hybridized carbons (Fsp3) is 0.0667. The van der Waals surface area contributed by atoms with Gasteiger partial charge in [0.2, 0.25) is 0 Å². The van der Waals surface area contributed by atoms with E-state index in [9.17, 15) is 13.2 Å². The Bertz CT molecular complexity index is 819. The quantitative estimate of drug-likeness (QED) is 0.926. The van der Waals surface area contributed by atoms with Gasteiger partial charge in [-0.1, -0.05) is 0 Å². The molecule has 2 aromatic rings. The molecule has 0 saturated carbocycles. The number of nitrogens with one attached hydrogen (secondary N) is 1. The van der Waals surface area contributed by atoms with Crippen LogP contribution in [0.4, 0.5) is 0 Å². The van der Waals surface area contributed by atoms with Gasteiger partial charge in [0.1, 0.15) is 5.75 Å². The lowest BCUT2D eigenvalue weighted by molar-refractivity contribution is 0.0981. The zero-order valence-electron chi connectivity index (χ0n) is 11.6. The van der Waals surface area contributed by atoms with Crippen molar-refractivity contribution in [1.82, 2.24) is 4.72 Å². The van der Waals surface area contributed by atoms with Crippen LogP contribution in [-0.2, 0) is 10.0 Å². The van der Waals surface area contributed by atoms with Crippen LogP contribution in [0.5, 0.6) is 5.75 Å². The molecule has 0 saturated heterocycles. The highest BCUT2D eigenvalue weighted by Crippen LogP contribution is 2.13. The fourth-order valence-corrected chi connectivity index (χ4v) is 2.67. The number of benzene rings is 2.